The Morgan fingerprint density at radius 3 is 1.76 bits per heavy atom. The van der Waals surface area contributed by atoms with E-state index in [0.29, 0.717) is 22.6 Å². The first-order valence-corrected chi connectivity index (χ1v) is 29.7. The van der Waals surface area contributed by atoms with E-state index in [9.17, 15) is 2.74 Å². The van der Waals surface area contributed by atoms with Gasteiger partial charge >= 0.3 is 0 Å². The Morgan fingerprint density at radius 1 is 0.488 bits per heavy atom. The van der Waals surface area contributed by atoms with Crippen molar-refractivity contribution < 1.29 is 28.5 Å². The monoisotopic (exact) mass is 1300 g/mol. The molecule has 0 amide bonds. The second-order valence-corrected chi connectivity index (χ2v) is 26.2. The van der Waals surface area contributed by atoms with E-state index in [1.807, 2.05) is 48.7 Å². The number of hydrogen-bond donors (Lipinski definition) is 0. The van der Waals surface area contributed by atoms with Crippen LogP contribution in [0.2, 0.25) is 0 Å². The summed E-state index contributed by atoms with van der Waals surface area (Å²) >= 11 is 0. The van der Waals surface area contributed by atoms with E-state index < -0.39 is 11.8 Å². The summed E-state index contributed by atoms with van der Waals surface area (Å²) in [5.41, 5.74) is 20.8. The minimum absolute atomic E-state index is 0. The fraction of sp³-hybridized carbons (Fsp3) is 0.175. The Labute approximate surface area is 523 Å². The third-order valence-electron chi connectivity index (χ3n) is 17.8. The molecule has 0 bridgehead atoms. The van der Waals surface area contributed by atoms with E-state index in [0.717, 1.165) is 106 Å². The summed E-state index contributed by atoms with van der Waals surface area (Å²) in [6, 6.07) is 85.1. The number of nitrogens with zero attached hydrogens (tertiary/aromatic N) is 4. The van der Waals surface area contributed by atoms with E-state index in [-0.39, 0.29) is 37.3 Å². The molecule has 1 aliphatic heterocycles. The van der Waals surface area contributed by atoms with Gasteiger partial charge in [0.1, 0.15) is 5.82 Å². The molecule has 10 aromatic carbocycles. The number of ether oxygens (including phenoxy) is 1. The zero-order chi connectivity index (χ0) is 59.9. The molecule has 12 aromatic rings. The van der Waals surface area contributed by atoms with Crippen molar-refractivity contribution in [3.8, 4) is 50.7 Å². The number of pyridine rings is 1. The molecule has 3 heterocycles. The van der Waals surface area contributed by atoms with Gasteiger partial charge in [0.05, 0.1) is 5.41 Å². The minimum Gasteiger partial charge on any atom is -0.509 e. The van der Waals surface area contributed by atoms with Crippen molar-refractivity contribution in [2.24, 2.45) is 0 Å². The molecule has 0 saturated heterocycles. The van der Waals surface area contributed by atoms with Gasteiger partial charge in [-0.2, -0.15) is 12.1 Å². The van der Waals surface area contributed by atoms with Crippen LogP contribution in [0.4, 0.5) is 22.7 Å². The summed E-state index contributed by atoms with van der Waals surface area (Å²) in [5, 5.41) is 2.19. The molecule has 1 spiro atoms. The normalized spacial score (nSPS) is 14.9. The summed E-state index contributed by atoms with van der Waals surface area (Å²) in [6.07, 6.45) is 0.281. The molecule has 5 nitrogen and oxygen atoms in total. The fourth-order valence-corrected chi connectivity index (χ4v) is 13.5. The van der Waals surface area contributed by atoms with E-state index in [1.165, 1.54) is 16.7 Å². The smallest absolute Gasteiger partial charge is 0.135 e. The standard InChI is InChI=1S/C80H67N4O.Pt/c1-77(2,3)54-39-42-74(81-49-54)84-70-36-17-13-27-61(70)62-41-40-59(48-73(62)84)85-58-26-20-25-57(47-58)82-50-83(72-38-19-18-37-71(72)82)76-60(53-44-55(78(4,5)6)46-56(45-53)79(7,8)9)29-21-31-64(76)63-30-22-35-69-75(63)65-28-12-16-34-68(65)80(69)66-32-14-10-23-51(66)43-52-24-11-15-33-67(52)80;/h10-42,44-46,49-50H,43H2,1-9H3;/q-3;/i43D2;. The van der Waals surface area contributed by atoms with Gasteiger partial charge in [-0.15, -0.1) is 48.1 Å². The molecule has 0 radical (unpaired) electrons. The van der Waals surface area contributed by atoms with Crippen LogP contribution in [0, 0.1) is 18.8 Å². The zero-order valence-corrected chi connectivity index (χ0v) is 52.2. The molecule has 86 heavy (non-hydrogen) atoms. The summed E-state index contributed by atoms with van der Waals surface area (Å²) in [6.45, 7) is 22.7. The summed E-state index contributed by atoms with van der Waals surface area (Å²) in [4.78, 5) is 9.63. The third kappa shape index (κ3) is 8.79. The van der Waals surface area contributed by atoms with Crippen molar-refractivity contribution in [3.63, 3.8) is 0 Å². The van der Waals surface area contributed by atoms with Crippen molar-refractivity contribution in [1.82, 2.24) is 9.55 Å². The van der Waals surface area contributed by atoms with Crippen LogP contribution in [0.25, 0.3) is 61.0 Å². The van der Waals surface area contributed by atoms with Gasteiger partial charge in [0.25, 0.3) is 0 Å². The third-order valence-corrected chi connectivity index (χ3v) is 17.8. The van der Waals surface area contributed by atoms with Crippen LogP contribution in [-0.4, -0.2) is 9.55 Å². The molecular formula is C80H67N4OPt-3. The number of benzene rings is 10. The zero-order valence-electron chi connectivity index (χ0n) is 52.0. The van der Waals surface area contributed by atoms with Crippen LogP contribution in [-0.2, 0) is 49.1 Å². The average molecular weight is 1300 g/mol. The van der Waals surface area contributed by atoms with Crippen LogP contribution >= 0.6 is 0 Å². The van der Waals surface area contributed by atoms with Crippen LogP contribution in [0.15, 0.2) is 225 Å². The first kappa shape index (κ1) is 52.8. The summed E-state index contributed by atoms with van der Waals surface area (Å²) in [5.74, 6) is 1.95. The Balaban J connectivity index is 0.00000680. The SMILES string of the molecule is [2H]C1([2H])c2ccccc2C2(c3ccccc3-c3c(-c4cccc(-c5cc(C(C)(C)C)cc(C(C)(C)C)c5)c4N4[CH-]N(c5[c-]c(Oc6[c-]c7c(cc6)c6ccccc6n7-c6ccc(C(C)(C)C)cn6)ccc5)c5ccccc54)cccc32)c2ccccc21.[Pt]. The quantitative estimate of drug-likeness (QED) is 0.149. The van der Waals surface area contributed by atoms with Crippen molar-refractivity contribution in [3.05, 3.63) is 293 Å². The number of fused-ring (bicyclic) bond motifs is 13. The Kier molecular flexibility index (Phi) is 12.6. The van der Waals surface area contributed by atoms with Crippen molar-refractivity contribution in [1.29, 1.82) is 0 Å². The minimum atomic E-state index is -1.70. The Bertz CT molecular complexity index is 4690. The van der Waals surface area contributed by atoms with Crippen molar-refractivity contribution in [2.45, 2.75) is 90.3 Å². The molecule has 0 unspecified atom stereocenters. The van der Waals surface area contributed by atoms with Crippen LogP contribution < -0.4 is 14.5 Å². The van der Waals surface area contributed by atoms with Crippen LogP contribution in [0.5, 0.6) is 11.5 Å². The molecule has 2 aliphatic carbocycles. The van der Waals surface area contributed by atoms with Gasteiger partial charge in [-0.1, -0.05) is 232 Å². The maximum atomic E-state index is 9.76. The largest absolute Gasteiger partial charge is 0.509 e. The van der Waals surface area contributed by atoms with Crippen molar-refractivity contribution in [2.75, 3.05) is 9.80 Å². The number of aromatic nitrogens is 2. The molecular weight excluding hydrogens is 1230 g/mol. The molecule has 0 fully saturated rings. The number of para-hydroxylation sites is 4. The van der Waals surface area contributed by atoms with E-state index in [1.54, 1.807) is 0 Å². The fourth-order valence-electron chi connectivity index (χ4n) is 13.5. The van der Waals surface area contributed by atoms with Gasteiger partial charge in [-0.05, 0) is 125 Å². The van der Waals surface area contributed by atoms with Gasteiger partial charge in [-0.3, -0.25) is 0 Å². The van der Waals surface area contributed by atoms with E-state index in [2.05, 4.69) is 271 Å². The average Bonchev–Trinajstić information content (AvgIpc) is 1.42. The molecule has 426 valence electrons. The van der Waals surface area contributed by atoms with Gasteiger partial charge in [-0.25, -0.2) is 4.98 Å². The Morgan fingerprint density at radius 2 is 1.06 bits per heavy atom. The molecule has 3 aliphatic rings. The first-order valence-electron chi connectivity index (χ1n) is 30.7. The van der Waals surface area contributed by atoms with Crippen LogP contribution in [0.1, 0.15) is 115 Å². The molecule has 0 saturated carbocycles. The van der Waals surface area contributed by atoms with Crippen molar-refractivity contribution >= 4 is 44.6 Å². The predicted octanol–water partition coefficient (Wildman–Crippen LogP) is 20.5. The number of anilines is 4. The second-order valence-electron chi connectivity index (χ2n) is 26.2. The maximum absolute atomic E-state index is 9.76. The van der Waals surface area contributed by atoms with Gasteiger partial charge in [0.2, 0.25) is 0 Å². The molecule has 2 aromatic heterocycles. The van der Waals surface area contributed by atoms with Crippen LogP contribution in [0.3, 0.4) is 0 Å². The molecule has 15 rings (SSSR count). The molecule has 6 heteroatoms. The maximum Gasteiger partial charge on any atom is 0.135 e. The topological polar surface area (TPSA) is 33.5 Å². The second kappa shape index (κ2) is 20.5. The summed E-state index contributed by atoms with van der Waals surface area (Å²) < 4.78 is 28.5. The van der Waals surface area contributed by atoms with Gasteiger partial charge in [0.15, 0.2) is 0 Å². The number of rotatable bonds is 7. The first-order chi connectivity index (χ1) is 41.8. The van der Waals surface area contributed by atoms with E-state index in [4.69, 9.17) is 9.72 Å². The van der Waals surface area contributed by atoms with Gasteiger partial charge in [0, 0.05) is 75.2 Å². The molecule has 0 N–H and O–H groups in total. The Hall–Kier alpha value is -8.76. The summed E-state index contributed by atoms with van der Waals surface area (Å²) in [7, 11) is 0. The predicted molar refractivity (Wildman–Crippen MR) is 351 cm³/mol. The number of hydrogen-bond acceptors (Lipinski definition) is 4. The van der Waals surface area contributed by atoms with E-state index >= 15 is 0 Å². The van der Waals surface area contributed by atoms with Gasteiger partial charge < -0.3 is 19.1 Å². The molecule has 0 atom stereocenters.